The van der Waals surface area contributed by atoms with Gasteiger partial charge in [0.25, 0.3) is 0 Å². The van der Waals surface area contributed by atoms with Gasteiger partial charge in [-0.15, -0.1) is 0 Å². The third-order valence-corrected chi connectivity index (χ3v) is 2.09. The van der Waals surface area contributed by atoms with E-state index in [2.05, 4.69) is 4.74 Å². The van der Waals surface area contributed by atoms with Gasteiger partial charge in [0.1, 0.15) is 6.61 Å². The highest BCUT2D eigenvalue weighted by Crippen LogP contribution is 2.03. The van der Waals surface area contributed by atoms with E-state index in [0.29, 0.717) is 12.5 Å². The minimum absolute atomic E-state index is 0.169. The van der Waals surface area contributed by atoms with Crippen LogP contribution in [-0.4, -0.2) is 34.9 Å². The summed E-state index contributed by atoms with van der Waals surface area (Å²) in [4.78, 5) is 21.2. The number of carboxylic acid groups (broad SMARTS) is 1. The molecule has 0 spiro atoms. The molecule has 0 amide bonds. The summed E-state index contributed by atoms with van der Waals surface area (Å²) in [5, 5.41) is 17.9. The summed E-state index contributed by atoms with van der Waals surface area (Å²) in [6, 6.07) is 9.28. The number of ether oxygens (including phenoxy) is 1. The van der Waals surface area contributed by atoms with Gasteiger partial charge in [0.2, 0.25) is 0 Å². The number of esters is 1. The first-order chi connectivity index (χ1) is 8.58. The van der Waals surface area contributed by atoms with Gasteiger partial charge in [-0.2, -0.15) is 0 Å². The van der Waals surface area contributed by atoms with E-state index in [0.717, 1.165) is 11.6 Å². The van der Waals surface area contributed by atoms with Crippen molar-refractivity contribution in [2.45, 2.75) is 12.5 Å². The van der Waals surface area contributed by atoms with Crippen LogP contribution in [0.1, 0.15) is 5.56 Å². The van der Waals surface area contributed by atoms with Gasteiger partial charge in [0.15, 0.2) is 0 Å². The van der Waals surface area contributed by atoms with Crippen molar-refractivity contribution in [2.75, 3.05) is 6.61 Å². The fourth-order valence-corrected chi connectivity index (χ4v) is 1.31. The Bertz CT molecular complexity index is 424. The van der Waals surface area contributed by atoms with Crippen molar-refractivity contribution >= 4 is 11.9 Å². The van der Waals surface area contributed by atoms with Gasteiger partial charge in [-0.05, 0) is 5.56 Å². The Morgan fingerprint density at radius 2 is 1.89 bits per heavy atom. The van der Waals surface area contributed by atoms with Crippen molar-refractivity contribution in [3.8, 4) is 0 Å². The number of aliphatic carboxylic acids is 1. The van der Waals surface area contributed by atoms with Gasteiger partial charge in [0, 0.05) is 18.6 Å². The summed E-state index contributed by atoms with van der Waals surface area (Å²) in [5.41, 5.74) is 0.933. The highest BCUT2D eigenvalue weighted by Gasteiger charge is 2.08. The van der Waals surface area contributed by atoms with E-state index in [1.807, 2.05) is 30.3 Å². The SMILES string of the molecule is O=C(O)/C=C/C(=O)OCC(O)Cc1ccccc1. The minimum atomic E-state index is -1.23. The second kappa shape index (κ2) is 7.24. The first-order valence-electron chi connectivity index (χ1n) is 5.37. The average molecular weight is 250 g/mol. The maximum Gasteiger partial charge on any atom is 0.331 e. The summed E-state index contributed by atoms with van der Waals surface area (Å²) in [6.07, 6.45) is 1.05. The normalized spacial score (nSPS) is 12.3. The highest BCUT2D eigenvalue weighted by molar-refractivity contribution is 5.90. The van der Waals surface area contributed by atoms with Crippen LogP contribution >= 0.6 is 0 Å². The molecule has 1 rings (SSSR count). The Kier molecular flexibility index (Phi) is 5.60. The lowest BCUT2D eigenvalue weighted by Crippen LogP contribution is -2.20. The second-order valence-electron chi connectivity index (χ2n) is 3.65. The number of hydrogen-bond acceptors (Lipinski definition) is 4. The van der Waals surface area contributed by atoms with Gasteiger partial charge in [0.05, 0.1) is 6.10 Å². The third-order valence-electron chi connectivity index (χ3n) is 2.09. The summed E-state index contributed by atoms with van der Waals surface area (Å²) >= 11 is 0. The Hall–Kier alpha value is -2.14. The minimum Gasteiger partial charge on any atom is -0.478 e. The van der Waals surface area contributed by atoms with Crippen molar-refractivity contribution in [3.05, 3.63) is 48.0 Å². The molecule has 96 valence electrons. The zero-order chi connectivity index (χ0) is 13.4. The Labute approximate surface area is 104 Å². The van der Waals surface area contributed by atoms with E-state index < -0.39 is 18.0 Å². The van der Waals surface area contributed by atoms with E-state index >= 15 is 0 Å². The molecule has 1 aromatic carbocycles. The largest absolute Gasteiger partial charge is 0.478 e. The molecule has 5 nitrogen and oxygen atoms in total. The number of aliphatic hydroxyl groups excluding tert-OH is 1. The first kappa shape index (κ1) is 13.9. The van der Waals surface area contributed by atoms with Crippen LogP contribution in [0.3, 0.4) is 0 Å². The fourth-order valence-electron chi connectivity index (χ4n) is 1.31. The second-order valence-corrected chi connectivity index (χ2v) is 3.65. The van der Waals surface area contributed by atoms with Gasteiger partial charge in [-0.1, -0.05) is 30.3 Å². The molecule has 1 aromatic rings. The standard InChI is InChI=1S/C13H14O5/c14-11(8-10-4-2-1-3-5-10)9-18-13(17)7-6-12(15)16/h1-7,11,14H,8-9H2,(H,15,16)/b7-6+. The lowest BCUT2D eigenvalue weighted by molar-refractivity contribution is -0.141. The summed E-state index contributed by atoms with van der Waals surface area (Å²) in [5.74, 6) is -2.01. The van der Waals surface area contributed by atoms with Crippen LogP contribution in [0.4, 0.5) is 0 Å². The number of carbonyl (C=O) groups is 2. The van der Waals surface area contributed by atoms with Crippen molar-refractivity contribution in [1.29, 1.82) is 0 Å². The summed E-state index contributed by atoms with van der Waals surface area (Å²) in [7, 11) is 0. The molecule has 0 fully saturated rings. The molecule has 0 saturated heterocycles. The average Bonchev–Trinajstić information content (AvgIpc) is 2.35. The summed E-state index contributed by atoms with van der Waals surface area (Å²) in [6.45, 7) is -0.169. The van der Waals surface area contributed by atoms with Gasteiger partial charge in [-0.3, -0.25) is 0 Å². The van der Waals surface area contributed by atoms with Crippen molar-refractivity contribution in [1.82, 2.24) is 0 Å². The quantitative estimate of drug-likeness (QED) is 0.575. The number of rotatable bonds is 6. The molecular formula is C13H14O5. The van der Waals surface area contributed by atoms with Crippen LogP contribution in [-0.2, 0) is 20.7 Å². The monoisotopic (exact) mass is 250 g/mol. The summed E-state index contributed by atoms with van der Waals surface area (Å²) < 4.78 is 4.69. The van der Waals surface area contributed by atoms with E-state index in [9.17, 15) is 14.7 Å². The zero-order valence-corrected chi connectivity index (χ0v) is 9.65. The van der Waals surface area contributed by atoms with E-state index in [4.69, 9.17) is 5.11 Å². The van der Waals surface area contributed by atoms with Crippen LogP contribution in [0.25, 0.3) is 0 Å². The maximum absolute atomic E-state index is 11.0. The molecule has 2 N–H and O–H groups in total. The van der Waals surface area contributed by atoms with Crippen molar-refractivity contribution < 1.29 is 24.5 Å². The van der Waals surface area contributed by atoms with Crippen molar-refractivity contribution in [2.24, 2.45) is 0 Å². The molecule has 5 heteroatoms. The molecule has 1 unspecified atom stereocenters. The smallest absolute Gasteiger partial charge is 0.331 e. The molecular weight excluding hydrogens is 236 g/mol. The van der Waals surface area contributed by atoms with Gasteiger partial charge in [-0.25, -0.2) is 9.59 Å². The predicted molar refractivity (Wildman–Crippen MR) is 63.9 cm³/mol. The van der Waals surface area contributed by atoms with Gasteiger partial charge < -0.3 is 14.9 Å². The highest BCUT2D eigenvalue weighted by atomic mass is 16.5. The number of aliphatic hydroxyl groups is 1. The van der Waals surface area contributed by atoms with Crippen LogP contribution < -0.4 is 0 Å². The number of hydrogen-bond donors (Lipinski definition) is 2. The molecule has 0 aliphatic heterocycles. The lowest BCUT2D eigenvalue weighted by Gasteiger charge is -2.10. The fraction of sp³-hybridized carbons (Fsp3) is 0.231. The Balaban J connectivity index is 2.31. The molecule has 0 aliphatic carbocycles. The van der Waals surface area contributed by atoms with Crippen LogP contribution in [0, 0.1) is 0 Å². The lowest BCUT2D eigenvalue weighted by atomic mass is 10.1. The Morgan fingerprint density at radius 3 is 2.50 bits per heavy atom. The maximum atomic E-state index is 11.0. The Morgan fingerprint density at radius 1 is 1.22 bits per heavy atom. The predicted octanol–water partition coefficient (Wildman–Crippen LogP) is 0.774. The molecule has 0 heterocycles. The molecule has 0 bridgehead atoms. The van der Waals surface area contributed by atoms with Gasteiger partial charge >= 0.3 is 11.9 Å². The molecule has 18 heavy (non-hydrogen) atoms. The number of benzene rings is 1. The van der Waals surface area contributed by atoms with Crippen LogP contribution in [0.5, 0.6) is 0 Å². The van der Waals surface area contributed by atoms with Crippen LogP contribution in [0.15, 0.2) is 42.5 Å². The number of carbonyl (C=O) groups excluding carboxylic acids is 1. The van der Waals surface area contributed by atoms with Crippen LogP contribution in [0.2, 0.25) is 0 Å². The molecule has 1 atom stereocenters. The molecule has 0 radical (unpaired) electrons. The van der Waals surface area contributed by atoms with Crippen molar-refractivity contribution in [3.63, 3.8) is 0 Å². The van der Waals surface area contributed by atoms with E-state index in [-0.39, 0.29) is 6.61 Å². The van der Waals surface area contributed by atoms with E-state index in [1.165, 1.54) is 0 Å². The first-order valence-corrected chi connectivity index (χ1v) is 5.37. The molecule has 0 aliphatic rings. The zero-order valence-electron chi connectivity index (χ0n) is 9.65. The number of carboxylic acids is 1. The van der Waals surface area contributed by atoms with E-state index in [1.54, 1.807) is 0 Å². The molecule has 0 saturated carbocycles. The topological polar surface area (TPSA) is 83.8 Å². The molecule has 0 aromatic heterocycles. The third kappa shape index (κ3) is 5.81.